The quantitative estimate of drug-likeness (QED) is 0.724. The second kappa shape index (κ2) is 8.57. The summed E-state index contributed by atoms with van der Waals surface area (Å²) in [6, 6.07) is 5.14. The van der Waals surface area contributed by atoms with Crippen LogP contribution in [0.2, 0.25) is 5.02 Å². The van der Waals surface area contributed by atoms with E-state index in [0.717, 1.165) is 12.0 Å². The Balaban J connectivity index is 1.77. The van der Waals surface area contributed by atoms with E-state index in [2.05, 4.69) is 15.3 Å². The predicted molar refractivity (Wildman–Crippen MR) is 105 cm³/mol. The topological polar surface area (TPSA) is 95.1 Å². The van der Waals surface area contributed by atoms with Crippen molar-refractivity contribution in [2.75, 3.05) is 6.54 Å². The maximum atomic E-state index is 12.5. The minimum Gasteiger partial charge on any atom is -0.501 e. The van der Waals surface area contributed by atoms with Crippen LogP contribution in [0.15, 0.2) is 23.0 Å². The summed E-state index contributed by atoms with van der Waals surface area (Å²) < 4.78 is 0. The molecule has 1 saturated carbocycles. The third kappa shape index (κ3) is 4.69. The van der Waals surface area contributed by atoms with Gasteiger partial charge in [0, 0.05) is 17.1 Å². The van der Waals surface area contributed by atoms with E-state index in [1.54, 1.807) is 18.2 Å². The fourth-order valence-electron chi connectivity index (χ4n) is 3.59. The van der Waals surface area contributed by atoms with Crippen LogP contribution >= 0.6 is 11.6 Å². The van der Waals surface area contributed by atoms with Crippen molar-refractivity contribution < 1.29 is 9.90 Å². The van der Waals surface area contributed by atoms with Crippen molar-refractivity contribution >= 4 is 17.5 Å². The zero-order chi connectivity index (χ0) is 19.4. The van der Waals surface area contributed by atoms with Gasteiger partial charge in [-0.15, -0.1) is 0 Å². The Morgan fingerprint density at radius 1 is 1.33 bits per heavy atom. The number of carbonyl (C=O) groups is 1. The van der Waals surface area contributed by atoms with Crippen LogP contribution in [0, 0.1) is 12.8 Å². The highest BCUT2D eigenvalue weighted by molar-refractivity contribution is 6.30. The van der Waals surface area contributed by atoms with Gasteiger partial charge in [0.2, 0.25) is 5.75 Å². The van der Waals surface area contributed by atoms with Gasteiger partial charge in [-0.2, -0.15) is 0 Å². The zero-order valence-electron chi connectivity index (χ0n) is 15.3. The SMILES string of the molecule is Cc1cc(Cl)ccc1-c1nc(C(=O)NCCC2CCCCC2)c(O)c(=O)[nH]1. The van der Waals surface area contributed by atoms with E-state index in [4.69, 9.17) is 11.6 Å². The lowest BCUT2D eigenvalue weighted by Gasteiger charge is -2.21. The lowest BCUT2D eigenvalue weighted by atomic mass is 9.87. The van der Waals surface area contributed by atoms with Crippen LogP contribution in [-0.4, -0.2) is 27.5 Å². The molecule has 0 aliphatic heterocycles. The molecular weight excluding hydrogens is 366 g/mol. The number of rotatable bonds is 5. The fraction of sp³-hybridized carbons (Fsp3) is 0.450. The molecule has 3 rings (SSSR count). The number of nitrogens with one attached hydrogen (secondary N) is 2. The third-order valence-electron chi connectivity index (χ3n) is 5.12. The highest BCUT2D eigenvalue weighted by atomic mass is 35.5. The first-order valence-corrected chi connectivity index (χ1v) is 9.71. The number of hydrogen-bond acceptors (Lipinski definition) is 4. The summed E-state index contributed by atoms with van der Waals surface area (Å²) in [6.45, 7) is 2.34. The van der Waals surface area contributed by atoms with Crippen molar-refractivity contribution in [3.8, 4) is 17.1 Å². The average molecular weight is 390 g/mol. The van der Waals surface area contributed by atoms with Crippen LogP contribution in [0.3, 0.4) is 0 Å². The number of benzene rings is 1. The molecule has 0 bridgehead atoms. The lowest BCUT2D eigenvalue weighted by Crippen LogP contribution is -2.29. The van der Waals surface area contributed by atoms with Crippen molar-refractivity contribution in [2.45, 2.75) is 45.4 Å². The van der Waals surface area contributed by atoms with Gasteiger partial charge in [0.05, 0.1) is 0 Å². The molecule has 0 unspecified atom stereocenters. The average Bonchev–Trinajstić information content (AvgIpc) is 2.65. The zero-order valence-corrected chi connectivity index (χ0v) is 16.1. The summed E-state index contributed by atoms with van der Waals surface area (Å²) in [5.74, 6) is -0.348. The van der Waals surface area contributed by atoms with Gasteiger partial charge in [-0.3, -0.25) is 9.59 Å². The van der Waals surface area contributed by atoms with Gasteiger partial charge >= 0.3 is 0 Å². The number of amides is 1. The van der Waals surface area contributed by atoms with E-state index in [1.165, 1.54) is 32.1 Å². The summed E-state index contributed by atoms with van der Waals surface area (Å²) in [5.41, 5.74) is 0.450. The Kier molecular flexibility index (Phi) is 6.16. The lowest BCUT2D eigenvalue weighted by molar-refractivity contribution is 0.0942. The molecule has 1 aliphatic rings. The molecule has 1 aromatic carbocycles. The minimum atomic E-state index is -0.744. The number of aromatic nitrogens is 2. The maximum absolute atomic E-state index is 12.5. The van der Waals surface area contributed by atoms with Gasteiger partial charge in [0.25, 0.3) is 11.5 Å². The first-order chi connectivity index (χ1) is 13.0. The van der Waals surface area contributed by atoms with Crippen molar-refractivity contribution in [1.82, 2.24) is 15.3 Å². The second-order valence-electron chi connectivity index (χ2n) is 7.12. The summed E-state index contributed by atoms with van der Waals surface area (Å²) in [4.78, 5) is 31.3. The van der Waals surface area contributed by atoms with Gasteiger partial charge in [-0.1, -0.05) is 43.7 Å². The fourth-order valence-corrected chi connectivity index (χ4v) is 3.82. The molecule has 2 aromatic rings. The van der Waals surface area contributed by atoms with Crippen LogP contribution in [0.5, 0.6) is 5.75 Å². The maximum Gasteiger partial charge on any atom is 0.294 e. The number of aromatic amines is 1. The first-order valence-electron chi connectivity index (χ1n) is 9.33. The molecule has 1 aliphatic carbocycles. The Labute approximate surface area is 163 Å². The molecule has 1 aromatic heterocycles. The van der Waals surface area contributed by atoms with E-state index < -0.39 is 17.2 Å². The Morgan fingerprint density at radius 3 is 2.78 bits per heavy atom. The normalized spacial score (nSPS) is 14.9. The number of aromatic hydroxyl groups is 1. The molecule has 144 valence electrons. The number of nitrogens with zero attached hydrogens (tertiary/aromatic N) is 1. The number of hydrogen-bond donors (Lipinski definition) is 3. The van der Waals surface area contributed by atoms with Crippen molar-refractivity contribution in [1.29, 1.82) is 0 Å². The molecule has 1 amide bonds. The van der Waals surface area contributed by atoms with E-state index in [0.29, 0.717) is 23.0 Å². The standard InChI is InChI=1S/C20H24ClN3O3/c1-12-11-14(21)7-8-15(12)18-23-16(17(25)20(27)24-18)19(26)22-10-9-13-5-3-2-4-6-13/h7-8,11,13,25H,2-6,9-10H2,1H3,(H,22,26)(H,23,24,27). The molecule has 1 fully saturated rings. The van der Waals surface area contributed by atoms with Gasteiger partial charge in [-0.05, 0) is 43.0 Å². The minimum absolute atomic E-state index is 0.226. The Bertz CT molecular complexity index is 889. The van der Waals surface area contributed by atoms with Crippen LogP contribution in [-0.2, 0) is 0 Å². The molecule has 0 atom stereocenters. The number of aryl methyl sites for hydroxylation is 1. The van der Waals surface area contributed by atoms with Crippen molar-refractivity contribution in [2.24, 2.45) is 5.92 Å². The number of halogens is 1. The van der Waals surface area contributed by atoms with E-state index >= 15 is 0 Å². The Morgan fingerprint density at radius 2 is 2.07 bits per heavy atom. The second-order valence-corrected chi connectivity index (χ2v) is 7.56. The molecule has 0 radical (unpaired) electrons. The molecule has 0 spiro atoms. The smallest absolute Gasteiger partial charge is 0.294 e. The summed E-state index contributed by atoms with van der Waals surface area (Å²) in [7, 11) is 0. The predicted octanol–water partition coefficient (Wildman–Crippen LogP) is 3.80. The van der Waals surface area contributed by atoms with Gasteiger partial charge in [-0.25, -0.2) is 4.98 Å². The van der Waals surface area contributed by atoms with Crippen molar-refractivity contribution in [3.63, 3.8) is 0 Å². The Hall–Kier alpha value is -2.34. The highest BCUT2D eigenvalue weighted by Gasteiger charge is 2.20. The van der Waals surface area contributed by atoms with Crippen LogP contribution in [0.25, 0.3) is 11.4 Å². The van der Waals surface area contributed by atoms with Crippen LogP contribution in [0.4, 0.5) is 0 Å². The monoisotopic (exact) mass is 389 g/mol. The summed E-state index contributed by atoms with van der Waals surface area (Å²) >= 11 is 5.97. The molecule has 0 saturated heterocycles. The number of H-pyrrole nitrogens is 1. The van der Waals surface area contributed by atoms with Gasteiger partial charge in [0.15, 0.2) is 5.69 Å². The molecule has 7 heteroatoms. The van der Waals surface area contributed by atoms with E-state index in [-0.39, 0.29) is 11.5 Å². The third-order valence-corrected chi connectivity index (χ3v) is 5.35. The molecule has 3 N–H and O–H groups in total. The van der Waals surface area contributed by atoms with Gasteiger partial charge in [0.1, 0.15) is 5.82 Å². The molecule has 27 heavy (non-hydrogen) atoms. The molecular formula is C20H24ClN3O3. The largest absolute Gasteiger partial charge is 0.501 e. The molecule has 6 nitrogen and oxygen atoms in total. The highest BCUT2D eigenvalue weighted by Crippen LogP contribution is 2.26. The van der Waals surface area contributed by atoms with E-state index in [9.17, 15) is 14.7 Å². The summed E-state index contributed by atoms with van der Waals surface area (Å²) in [5, 5.41) is 13.4. The van der Waals surface area contributed by atoms with E-state index in [1.807, 2.05) is 6.92 Å². The number of carbonyl (C=O) groups excluding carboxylic acids is 1. The van der Waals surface area contributed by atoms with Crippen LogP contribution < -0.4 is 10.9 Å². The van der Waals surface area contributed by atoms with Crippen LogP contribution in [0.1, 0.15) is 54.6 Å². The van der Waals surface area contributed by atoms with Crippen molar-refractivity contribution in [3.05, 3.63) is 44.8 Å². The molecule has 1 heterocycles. The first kappa shape index (κ1) is 19.4. The summed E-state index contributed by atoms with van der Waals surface area (Å²) in [6.07, 6.45) is 7.09. The van der Waals surface area contributed by atoms with Gasteiger partial charge < -0.3 is 15.4 Å².